The number of aryl methyl sites for hydroxylation is 1. The largest absolute Gasteiger partial charge is 0.464 e. The van der Waals surface area contributed by atoms with E-state index in [1.54, 1.807) is 35.8 Å². The van der Waals surface area contributed by atoms with E-state index in [1.807, 2.05) is 19.9 Å². The van der Waals surface area contributed by atoms with Gasteiger partial charge in [0.25, 0.3) is 11.1 Å². The fourth-order valence-corrected chi connectivity index (χ4v) is 4.16. The van der Waals surface area contributed by atoms with Crippen molar-refractivity contribution in [1.29, 1.82) is 0 Å². The summed E-state index contributed by atoms with van der Waals surface area (Å²) < 4.78 is 20.9. The van der Waals surface area contributed by atoms with Crippen LogP contribution < -0.4 is 0 Å². The first-order chi connectivity index (χ1) is 13.8. The van der Waals surface area contributed by atoms with Gasteiger partial charge in [-0.05, 0) is 69.3 Å². The number of nitrogens with zero attached hydrogens (tertiary/aromatic N) is 2. The zero-order chi connectivity index (χ0) is 21.3. The second-order valence-electron chi connectivity index (χ2n) is 6.59. The number of aromatic nitrogens is 1. The van der Waals surface area contributed by atoms with Crippen LogP contribution in [0.4, 0.5) is 9.18 Å². The monoisotopic (exact) mass is 416 g/mol. The van der Waals surface area contributed by atoms with Gasteiger partial charge in [0.05, 0.1) is 17.2 Å². The third-order valence-corrected chi connectivity index (χ3v) is 5.57. The van der Waals surface area contributed by atoms with E-state index < -0.39 is 23.2 Å². The second kappa shape index (κ2) is 8.24. The fraction of sp³-hybridized carbons (Fsp3) is 0.286. The highest BCUT2D eigenvalue weighted by atomic mass is 32.2. The molecule has 0 spiro atoms. The SMILES string of the molecule is CCOC(=O)[C@H](C)N1C(=O)S/C(=C/c2cc(C)n(-c3ccccc3F)c2C)C1=O. The summed E-state index contributed by atoms with van der Waals surface area (Å²) in [5.41, 5.74) is 2.63. The molecule has 8 heteroatoms. The van der Waals surface area contributed by atoms with Crippen molar-refractivity contribution in [2.75, 3.05) is 6.61 Å². The summed E-state index contributed by atoms with van der Waals surface area (Å²) in [6.45, 7) is 6.93. The van der Waals surface area contributed by atoms with Crippen molar-refractivity contribution in [3.8, 4) is 5.69 Å². The normalized spacial score (nSPS) is 16.6. The molecular weight excluding hydrogens is 395 g/mol. The Morgan fingerprint density at radius 3 is 2.62 bits per heavy atom. The van der Waals surface area contributed by atoms with Gasteiger partial charge in [0.15, 0.2) is 0 Å². The molecule has 1 aliphatic rings. The van der Waals surface area contributed by atoms with Gasteiger partial charge in [-0.1, -0.05) is 12.1 Å². The maximum Gasteiger partial charge on any atom is 0.329 e. The predicted octanol–water partition coefficient (Wildman–Crippen LogP) is 4.22. The minimum atomic E-state index is -1.00. The summed E-state index contributed by atoms with van der Waals surface area (Å²) in [7, 11) is 0. The van der Waals surface area contributed by atoms with Crippen LogP contribution in [0.5, 0.6) is 0 Å². The summed E-state index contributed by atoms with van der Waals surface area (Å²) in [5.74, 6) is -1.53. The summed E-state index contributed by atoms with van der Waals surface area (Å²) in [6.07, 6.45) is 1.60. The van der Waals surface area contributed by atoms with Gasteiger partial charge in [0.2, 0.25) is 0 Å². The fourth-order valence-electron chi connectivity index (χ4n) is 3.26. The van der Waals surface area contributed by atoms with Gasteiger partial charge in [-0.25, -0.2) is 9.18 Å². The molecule has 2 heterocycles. The van der Waals surface area contributed by atoms with Crippen molar-refractivity contribution in [2.45, 2.75) is 33.7 Å². The van der Waals surface area contributed by atoms with Crippen molar-refractivity contribution < 1.29 is 23.5 Å². The van der Waals surface area contributed by atoms with E-state index in [4.69, 9.17) is 4.74 Å². The lowest BCUT2D eigenvalue weighted by Crippen LogP contribution is -2.42. The standard InChI is InChI=1S/C21H21FN2O4S/c1-5-28-20(26)14(4)24-19(25)18(29-21(24)27)11-15-10-12(2)23(13(15)3)17-9-7-6-8-16(17)22/h6-11,14H,5H2,1-4H3/b18-11+/t14-/m0/s1. The third-order valence-electron chi connectivity index (χ3n) is 4.69. The van der Waals surface area contributed by atoms with Crippen LogP contribution in [0, 0.1) is 19.7 Å². The molecule has 1 aliphatic heterocycles. The Hall–Kier alpha value is -2.87. The maximum absolute atomic E-state index is 14.3. The van der Waals surface area contributed by atoms with Gasteiger partial charge < -0.3 is 9.30 Å². The molecule has 1 aromatic heterocycles. The molecule has 152 valence electrons. The minimum Gasteiger partial charge on any atom is -0.464 e. The molecule has 0 saturated carbocycles. The molecular formula is C21H21FN2O4S. The molecule has 6 nitrogen and oxygen atoms in total. The lowest BCUT2D eigenvalue weighted by Gasteiger charge is -2.19. The van der Waals surface area contributed by atoms with E-state index in [1.165, 1.54) is 13.0 Å². The smallest absolute Gasteiger partial charge is 0.329 e. The van der Waals surface area contributed by atoms with Crippen LogP contribution in [0.25, 0.3) is 11.8 Å². The number of amides is 2. The number of para-hydroxylation sites is 1. The molecule has 29 heavy (non-hydrogen) atoms. The first kappa shape index (κ1) is 20.9. The Morgan fingerprint density at radius 2 is 1.97 bits per heavy atom. The van der Waals surface area contributed by atoms with E-state index in [2.05, 4.69) is 0 Å². The number of carbonyl (C=O) groups excluding carboxylic acids is 3. The number of halogens is 1. The molecule has 0 radical (unpaired) electrons. The van der Waals surface area contributed by atoms with E-state index in [0.29, 0.717) is 11.3 Å². The number of ether oxygens (including phenoxy) is 1. The van der Waals surface area contributed by atoms with Crippen LogP contribution in [0.1, 0.15) is 30.8 Å². The Kier molecular flexibility index (Phi) is 5.93. The van der Waals surface area contributed by atoms with E-state index in [0.717, 1.165) is 28.0 Å². The van der Waals surface area contributed by atoms with Crippen molar-refractivity contribution in [3.05, 3.63) is 58.0 Å². The Balaban J connectivity index is 1.95. The number of carbonyl (C=O) groups is 3. The minimum absolute atomic E-state index is 0.164. The first-order valence-corrected chi connectivity index (χ1v) is 9.95. The highest BCUT2D eigenvalue weighted by Gasteiger charge is 2.41. The molecule has 1 fully saturated rings. The van der Waals surface area contributed by atoms with Gasteiger partial charge in [-0.2, -0.15) is 0 Å². The molecule has 2 amide bonds. The molecule has 0 N–H and O–H groups in total. The highest BCUT2D eigenvalue weighted by molar-refractivity contribution is 8.18. The van der Waals surface area contributed by atoms with Crippen molar-refractivity contribution in [3.63, 3.8) is 0 Å². The van der Waals surface area contributed by atoms with Crippen molar-refractivity contribution >= 4 is 35.0 Å². The summed E-state index contributed by atoms with van der Waals surface area (Å²) in [5, 5.41) is -0.523. The van der Waals surface area contributed by atoms with Gasteiger partial charge in [-0.3, -0.25) is 14.5 Å². The molecule has 1 saturated heterocycles. The van der Waals surface area contributed by atoms with Crippen LogP contribution in [-0.4, -0.2) is 39.2 Å². The van der Waals surface area contributed by atoms with Crippen LogP contribution in [0.3, 0.4) is 0 Å². The number of imide groups is 1. The maximum atomic E-state index is 14.3. The molecule has 0 bridgehead atoms. The average Bonchev–Trinajstić information content (AvgIpc) is 3.10. The molecule has 0 unspecified atom stereocenters. The number of hydrogen-bond donors (Lipinski definition) is 0. The summed E-state index contributed by atoms with van der Waals surface area (Å²) in [6, 6.07) is 7.25. The molecule has 1 atom stereocenters. The molecule has 2 aromatic rings. The van der Waals surface area contributed by atoms with Crippen LogP contribution in [-0.2, 0) is 14.3 Å². The highest BCUT2D eigenvalue weighted by Crippen LogP contribution is 2.35. The van der Waals surface area contributed by atoms with E-state index >= 15 is 0 Å². The van der Waals surface area contributed by atoms with Gasteiger partial charge in [-0.15, -0.1) is 0 Å². The van der Waals surface area contributed by atoms with Gasteiger partial charge in [0.1, 0.15) is 11.9 Å². The van der Waals surface area contributed by atoms with Gasteiger partial charge in [0, 0.05) is 11.4 Å². The zero-order valence-electron chi connectivity index (χ0n) is 16.6. The van der Waals surface area contributed by atoms with Gasteiger partial charge >= 0.3 is 5.97 Å². The molecule has 3 rings (SSSR count). The van der Waals surface area contributed by atoms with E-state index in [9.17, 15) is 18.8 Å². The predicted molar refractivity (Wildman–Crippen MR) is 109 cm³/mol. The quantitative estimate of drug-likeness (QED) is 0.539. The number of esters is 1. The first-order valence-electron chi connectivity index (χ1n) is 9.13. The van der Waals surface area contributed by atoms with E-state index in [-0.39, 0.29) is 17.3 Å². The number of rotatable bonds is 5. The Labute approximate surface area is 172 Å². The number of thioether (sulfide) groups is 1. The second-order valence-corrected chi connectivity index (χ2v) is 7.59. The average molecular weight is 416 g/mol. The lowest BCUT2D eigenvalue weighted by atomic mass is 10.2. The summed E-state index contributed by atoms with van der Waals surface area (Å²) >= 11 is 0.771. The van der Waals surface area contributed by atoms with Crippen molar-refractivity contribution in [2.24, 2.45) is 0 Å². The Bertz CT molecular complexity index is 1030. The van der Waals surface area contributed by atoms with Crippen LogP contribution >= 0.6 is 11.8 Å². The molecule has 1 aromatic carbocycles. The lowest BCUT2D eigenvalue weighted by molar-refractivity contribution is -0.150. The Morgan fingerprint density at radius 1 is 1.28 bits per heavy atom. The summed E-state index contributed by atoms with van der Waals surface area (Å²) in [4.78, 5) is 38.1. The van der Waals surface area contributed by atoms with Crippen LogP contribution in [0.15, 0.2) is 35.2 Å². The third kappa shape index (κ3) is 3.85. The topological polar surface area (TPSA) is 68.6 Å². The van der Waals surface area contributed by atoms with Crippen molar-refractivity contribution in [1.82, 2.24) is 9.47 Å². The zero-order valence-corrected chi connectivity index (χ0v) is 17.4. The van der Waals surface area contributed by atoms with Crippen LogP contribution in [0.2, 0.25) is 0 Å². The number of benzene rings is 1. The number of hydrogen-bond acceptors (Lipinski definition) is 5. The molecule has 0 aliphatic carbocycles.